The molecule has 0 saturated heterocycles. The Morgan fingerprint density at radius 3 is 2.46 bits per heavy atom. The Morgan fingerprint density at radius 2 is 1.81 bits per heavy atom. The molecule has 2 rings (SSSR count). The van der Waals surface area contributed by atoms with E-state index < -0.39 is 23.8 Å². The van der Waals surface area contributed by atoms with Crippen LogP contribution in [-0.4, -0.2) is 30.4 Å². The molecule has 0 aliphatic rings. The molecule has 2 aromatic rings. The van der Waals surface area contributed by atoms with Crippen molar-refractivity contribution in [3.63, 3.8) is 0 Å². The van der Waals surface area contributed by atoms with Crippen molar-refractivity contribution >= 4 is 28.6 Å². The predicted octanol–water partition coefficient (Wildman–Crippen LogP) is 1.94. The maximum atomic E-state index is 12.3. The van der Waals surface area contributed by atoms with Gasteiger partial charge in [0.1, 0.15) is 6.04 Å². The smallest absolute Gasteiger partial charge is 0.306 e. The SMILES string of the molecule is CCOC(=O)C[C@@H](C)[C@@H](NC(=O)Cc1ccc2ccccc2c1)C(N)=O. The molecular weight excluding hydrogens is 332 g/mol. The van der Waals surface area contributed by atoms with Gasteiger partial charge in [0.25, 0.3) is 0 Å². The fourth-order valence-corrected chi connectivity index (χ4v) is 2.85. The fourth-order valence-electron chi connectivity index (χ4n) is 2.85. The second-order valence-corrected chi connectivity index (χ2v) is 6.29. The van der Waals surface area contributed by atoms with Crippen LogP contribution in [0, 0.1) is 5.92 Å². The summed E-state index contributed by atoms with van der Waals surface area (Å²) in [5.41, 5.74) is 6.23. The Hall–Kier alpha value is -2.89. The number of carbonyl (C=O) groups is 3. The molecule has 0 radical (unpaired) electrons. The van der Waals surface area contributed by atoms with Crippen LogP contribution in [0.15, 0.2) is 42.5 Å². The molecule has 0 bridgehead atoms. The van der Waals surface area contributed by atoms with Crippen LogP contribution in [0.25, 0.3) is 10.8 Å². The number of nitrogens with two attached hydrogens (primary N) is 1. The molecule has 2 amide bonds. The Bertz CT molecular complexity index is 803. The number of carbonyl (C=O) groups excluding carboxylic acids is 3. The van der Waals surface area contributed by atoms with Crippen LogP contribution in [0.3, 0.4) is 0 Å². The molecule has 2 aromatic carbocycles. The number of fused-ring (bicyclic) bond motifs is 1. The fraction of sp³-hybridized carbons (Fsp3) is 0.350. The van der Waals surface area contributed by atoms with Gasteiger partial charge in [-0.1, -0.05) is 49.4 Å². The molecular formula is C20H24N2O4. The van der Waals surface area contributed by atoms with Crippen molar-refractivity contribution in [1.29, 1.82) is 0 Å². The van der Waals surface area contributed by atoms with E-state index in [1.54, 1.807) is 13.8 Å². The van der Waals surface area contributed by atoms with E-state index in [1.165, 1.54) is 0 Å². The number of nitrogens with one attached hydrogen (secondary N) is 1. The predicted molar refractivity (Wildman–Crippen MR) is 99.2 cm³/mol. The van der Waals surface area contributed by atoms with Crippen LogP contribution in [0.5, 0.6) is 0 Å². The summed E-state index contributed by atoms with van der Waals surface area (Å²) >= 11 is 0. The number of esters is 1. The van der Waals surface area contributed by atoms with Crippen molar-refractivity contribution in [2.45, 2.75) is 32.7 Å². The van der Waals surface area contributed by atoms with E-state index in [2.05, 4.69) is 5.32 Å². The average molecular weight is 356 g/mol. The van der Waals surface area contributed by atoms with Gasteiger partial charge in [-0.3, -0.25) is 14.4 Å². The van der Waals surface area contributed by atoms with Crippen LogP contribution in [0.4, 0.5) is 0 Å². The number of amides is 2. The van der Waals surface area contributed by atoms with Crippen molar-refractivity contribution in [2.24, 2.45) is 11.7 Å². The lowest BCUT2D eigenvalue weighted by molar-refractivity contribution is -0.144. The molecule has 0 aliphatic carbocycles. The van der Waals surface area contributed by atoms with Gasteiger partial charge in [0, 0.05) is 0 Å². The molecule has 0 fully saturated rings. The number of ether oxygens (including phenoxy) is 1. The average Bonchev–Trinajstić information content (AvgIpc) is 2.59. The van der Waals surface area contributed by atoms with Crippen molar-refractivity contribution in [1.82, 2.24) is 5.32 Å². The lowest BCUT2D eigenvalue weighted by Gasteiger charge is -2.21. The van der Waals surface area contributed by atoms with Gasteiger partial charge in [0.2, 0.25) is 11.8 Å². The standard InChI is InChI=1S/C20H24N2O4/c1-3-26-18(24)10-13(2)19(20(21)25)22-17(23)12-14-8-9-15-6-4-5-7-16(15)11-14/h4-9,11,13,19H,3,10,12H2,1-2H3,(H2,21,25)(H,22,23)/t13-,19-/m1/s1. The summed E-state index contributed by atoms with van der Waals surface area (Å²) in [6.07, 6.45) is 0.137. The quantitative estimate of drug-likeness (QED) is 0.706. The number of primary amides is 1. The third-order valence-corrected chi connectivity index (χ3v) is 4.16. The third-order valence-electron chi connectivity index (χ3n) is 4.16. The van der Waals surface area contributed by atoms with Crippen LogP contribution < -0.4 is 11.1 Å². The van der Waals surface area contributed by atoms with Gasteiger partial charge in [0.05, 0.1) is 19.4 Å². The molecule has 6 heteroatoms. The Balaban J connectivity index is 2.02. The molecule has 26 heavy (non-hydrogen) atoms. The Labute approximate surface area is 152 Å². The minimum Gasteiger partial charge on any atom is -0.466 e. The highest BCUT2D eigenvalue weighted by Crippen LogP contribution is 2.16. The first-order chi connectivity index (χ1) is 12.4. The summed E-state index contributed by atoms with van der Waals surface area (Å²) in [6, 6.07) is 12.7. The van der Waals surface area contributed by atoms with E-state index in [0.717, 1.165) is 16.3 Å². The highest BCUT2D eigenvalue weighted by molar-refractivity contribution is 5.89. The van der Waals surface area contributed by atoms with Crippen molar-refractivity contribution in [2.75, 3.05) is 6.61 Å². The van der Waals surface area contributed by atoms with Crippen LogP contribution in [-0.2, 0) is 25.5 Å². The number of benzene rings is 2. The molecule has 0 aliphatic heterocycles. The largest absolute Gasteiger partial charge is 0.466 e. The van der Waals surface area contributed by atoms with Gasteiger partial charge in [-0.05, 0) is 29.2 Å². The molecule has 0 unspecified atom stereocenters. The van der Waals surface area contributed by atoms with Crippen LogP contribution in [0.1, 0.15) is 25.8 Å². The van der Waals surface area contributed by atoms with Gasteiger partial charge in [-0.25, -0.2) is 0 Å². The molecule has 2 atom stereocenters. The Kier molecular flexibility index (Phi) is 6.72. The van der Waals surface area contributed by atoms with Gasteiger partial charge < -0.3 is 15.8 Å². The topological polar surface area (TPSA) is 98.5 Å². The van der Waals surface area contributed by atoms with Gasteiger partial charge in [-0.15, -0.1) is 0 Å². The zero-order valence-corrected chi connectivity index (χ0v) is 15.0. The summed E-state index contributed by atoms with van der Waals surface area (Å²) in [6.45, 7) is 3.66. The van der Waals surface area contributed by atoms with Crippen molar-refractivity contribution in [3.05, 3.63) is 48.0 Å². The molecule has 0 heterocycles. The third kappa shape index (κ3) is 5.31. The molecule has 0 spiro atoms. The first kappa shape index (κ1) is 19.4. The highest BCUT2D eigenvalue weighted by Gasteiger charge is 2.27. The lowest BCUT2D eigenvalue weighted by Crippen LogP contribution is -2.49. The van der Waals surface area contributed by atoms with Crippen LogP contribution >= 0.6 is 0 Å². The monoisotopic (exact) mass is 356 g/mol. The molecule has 6 nitrogen and oxygen atoms in total. The second-order valence-electron chi connectivity index (χ2n) is 6.29. The van der Waals surface area contributed by atoms with Gasteiger partial charge in [0.15, 0.2) is 0 Å². The molecule has 3 N–H and O–H groups in total. The lowest BCUT2D eigenvalue weighted by atomic mass is 9.97. The summed E-state index contributed by atoms with van der Waals surface area (Å²) in [4.78, 5) is 35.6. The highest BCUT2D eigenvalue weighted by atomic mass is 16.5. The number of hydrogen-bond acceptors (Lipinski definition) is 4. The minimum absolute atomic E-state index is 0.0116. The van der Waals surface area contributed by atoms with Crippen LogP contribution in [0.2, 0.25) is 0 Å². The first-order valence-corrected chi connectivity index (χ1v) is 8.62. The number of rotatable bonds is 8. The summed E-state index contributed by atoms with van der Waals surface area (Å²) < 4.78 is 4.88. The minimum atomic E-state index is -0.924. The normalized spacial score (nSPS) is 13.0. The van der Waals surface area contributed by atoms with E-state index >= 15 is 0 Å². The van der Waals surface area contributed by atoms with E-state index in [9.17, 15) is 14.4 Å². The maximum absolute atomic E-state index is 12.3. The summed E-state index contributed by atoms with van der Waals surface area (Å²) in [5, 5.41) is 4.77. The van der Waals surface area contributed by atoms with E-state index in [0.29, 0.717) is 0 Å². The Morgan fingerprint density at radius 1 is 1.12 bits per heavy atom. The van der Waals surface area contributed by atoms with Gasteiger partial charge in [-0.2, -0.15) is 0 Å². The molecule has 0 saturated carbocycles. The maximum Gasteiger partial charge on any atom is 0.306 e. The van der Waals surface area contributed by atoms with Crippen molar-refractivity contribution < 1.29 is 19.1 Å². The summed E-state index contributed by atoms with van der Waals surface area (Å²) in [7, 11) is 0. The zero-order valence-electron chi connectivity index (χ0n) is 15.0. The van der Waals surface area contributed by atoms with Crippen molar-refractivity contribution in [3.8, 4) is 0 Å². The first-order valence-electron chi connectivity index (χ1n) is 8.62. The molecule has 0 aromatic heterocycles. The van der Waals surface area contributed by atoms with E-state index in [-0.39, 0.29) is 25.4 Å². The zero-order chi connectivity index (χ0) is 19.1. The molecule has 138 valence electrons. The van der Waals surface area contributed by atoms with E-state index in [4.69, 9.17) is 10.5 Å². The number of hydrogen-bond donors (Lipinski definition) is 2. The van der Waals surface area contributed by atoms with E-state index in [1.807, 2.05) is 42.5 Å². The van der Waals surface area contributed by atoms with Gasteiger partial charge >= 0.3 is 5.97 Å². The second kappa shape index (κ2) is 8.99. The summed E-state index contributed by atoms with van der Waals surface area (Å²) in [5.74, 6) is -1.87.